The van der Waals surface area contributed by atoms with Crippen molar-refractivity contribution in [2.75, 3.05) is 7.05 Å². The monoisotopic (exact) mass is 310 g/mol. The first-order valence-corrected chi connectivity index (χ1v) is 6.44. The number of nitro groups is 1. The van der Waals surface area contributed by atoms with E-state index >= 15 is 0 Å². The van der Waals surface area contributed by atoms with E-state index in [9.17, 15) is 14.5 Å². The molecule has 2 aromatic carbocycles. The van der Waals surface area contributed by atoms with Crippen molar-refractivity contribution >= 4 is 17.3 Å². The molecule has 0 amide bonds. The number of nitrogens with one attached hydrogen (secondary N) is 1. The molecule has 5 nitrogen and oxygen atoms in total. The van der Waals surface area contributed by atoms with Gasteiger partial charge in [0.25, 0.3) is 0 Å². The van der Waals surface area contributed by atoms with Crippen molar-refractivity contribution in [1.82, 2.24) is 5.32 Å². The molecule has 0 atom stereocenters. The van der Waals surface area contributed by atoms with Crippen molar-refractivity contribution in [3.8, 4) is 11.5 Å². The van der Waals surface area contributed by atoms with Gasteiger partial charge in [-0.2, -0.15) is 0 Å². The fraction of sp³-hybridized carbons (Fsp3) is 0.143. The molecule has 2 rings (SSSR count). The molecule has 110 valence electrons. The molecule has 0 saturated carbocycles. The molecule has 0 unspecified atom stereocenters. The maximum absolute atomic E-state index is 14.0. The minimum Gasteiger partial charge on any atom is -0.445 e. The lowest BCUT2D eigenvalue weighted by atomic mass is 10.2. The number of nitrogens with zero attached hydrogens (tertiary/aromatic N) is 1. The van der Waals surface area contributed by atoms with Gasteiger partial charge in [0, 0.05) is 12.6 Å². The van der Waals surface area contributed by atoms with Crippen LogP contribution in [0.15, 0.2) is 36.4 Å². The van der Waals surface area contributed by atoms with E-state index in [4.69, 9.17) is 16.3 Å². The maximum atomic E-state index is 14.0. The number of nitro benzene ring substituents is 1. The number of hydrogen-bond donors (Lipinski definition) is 1. The topological polar surface area (TPSA) is 64.4 Å². The number of para-hydroxylation sites is 1. The number of hydrogen-bond acceptors (Lipinski definition) is 4. The highest BCUT2D eigenvalue weighted by Gasteiger charge is 2.20. The van der Waals surface area contributed by atoms with Gasteiger partial charge in [0.1, 0.15) is 0 Å². The standard InChI is InChI=1S/C14H12ClFN2O3/c1-17-8-9-5-6-13(11(16)7-9)21-14-10(15)3-2-4-12(14)18(19)20/h2-7,17H,8H2,1H3. The summed E-state index contributed by atoms with van der Waals surface area (Å²) in [7, 11) is 1.75. The zero-order valence-corrected chi connectivity index (χ0v) is 11.9. The van der Waals surface area contributed by atoms with Crippen LogP contribution in [0.4, 0.5) is 10.1 Å². The van der Waals surface area contributed by atoms with Crippen LogP contribution in [0.5, 0.6) is 11.5 Å². The molecule has 2 aromatic rings. The van der Waals surface area contributed by atoms with E-state index in [0.717, 1.165) is 5.56 Å². The molecule has 21 heavy (non-hydrogen) atoms. The zero-order chi connectivity index (χ0) is 15.4. The molecule has 0 saturated heterocycles. The highest BCUT2D eigenvalue weighted by molar-refractivity contribution is 6.32. The van der Waals surface area contributed by atoms with Crippen molar-refractivity contribution in [2.24, 2.45) is 0 Å². The van der Waals surface area contributed by atoms with Gasteiger partial charge in [-0.05, 0) is 30.8 Å². The van der Waals surface area contributed by atoms with E-state index in [0.29, 0.717) is 6.54 Å². The largest absolute Gasteiger partial charge is 0.445 e. The zero-order valence-electron chi connectivity index (χ0n) is 11.1. The maximum Gasteiger partial charge on any atom is 0.313 e. The van der Waals surface area contributed by atoms with E-state index in [-0.39, 0.29) is 22.2 Å². The molecule has 0 heterocycles. The van der Waals surface area contributed by atoms with Crippen molar-refractivity contribution in [1.29, 1.82) is 0 Å². The SMILES string of the molecule is CNCc1ccc(Oc2c(Cl)cccc2[N+](=O)[O-])c(F)c1. The molecule has 0 aliphatic carbocycles. The van der Waals surface area contributed by atoms with E-state index in [1.54, 1.807) is 13.1 Å². The van der Waals surface area contributed by atoms with Crippen LogP contribution >= 0.6 is 11.6 Å². The van der Waals surface area contributed by atoms with Crippen molar-refractivity contribution in [3.63, 3.8) is 0 Å². The molecule has 0 fully saturated rings. The van der Waals surface area contributed by atoms with Gasteiger partial charge in [-0.25, -0.2) is 4.39 Å². The molecular formula is C14H12ClFN2O3. The van der Waals surface area contributed by atoms with E-state index in [1.165, 1.54) is 30.3 Å². The normalized spacial score (nSPS) is 10.4. The molecule has 0 aromatic heterocycles. The van der Waals surface area contributed by atoms with Crippen LogP contribution in [0.1, 0.15) is 5.56 Å². The summed E-state index contributed by atoms with van der Waals surface area (Å²) in [5.41, 5.74) is 0.414. The van der Waals surface area contributed by atoms with Gasteiger partial charge in [0.05, 0.1) is 9.95 Å². The third-order valence-corrected chi connectivity index (χ3v) is 3.03. The Morgan fingerprint density at radius 1 is 1.38 bits per heavy atom. The summed E-state index contributed by atoms with van der Waals surface area (Å²) in [5.74, 6) is -0.910. The Labute approximate surface area is 125 Å². The predicted molar refractivity (Wildman–Crippen MR) is 77.3 cm³/mol. The van der Waals surface area contributed by atoms with Crippen molar-refractivity contribution < 1.29 is 14.1 Å². The van der Waals surface area contributed by atoms with Gasteiger partial charge >= 0.3 is 5.69 Å². The van der Waals surface area contributed by atoms with Crippen LogP contribution in [-0.4, -0.2) is 12.0 Å². The molecule has 0 spiro atoms. The van der Waals surface area contributed by atoms with Crippen LogP contribution in [0.2, 0.25) is 5.02 Å². The van der Waals surface area contributed by atoms with Crippen LogP contribution in [0.3, 0.4) is 0 Å². The third-order valence-electron chi connectivity index (χ3n) is 2.73. The molecule has 0 bridgehead atoms. The smallest absolute Gasteiger partial charge is 0.313 e. The average Bonchev–Trinajstić information content (AvgIpc) is 2.43. The summed E-state index contributed by atoms with van der Waals surface area (Å²) < 4.78 is 19.3. The average molecular weight is 311 g/mol. The second kappa shape index (κ2) is 6.51. The summed E-state index contributed by atoms with van der Waals surface area (Å²) in [6.45, 7) is 0.503. The van der Waals surface area contributed by atoms with Gasteiger partial charge in [-0.1, -0.05) is 23.7 Å². The van der Waals surface area contributed by atoms with Crippen LogP contribution in [0, 0.1) is 15.9 Å². The minimum absolute atomic E-state index is 0.0444. The highest BCUT2D eigenvalue weighted by Crippen LogP contribution is 2.38. The summed E-state index contributed by atoms with van der Waals surface area (Å²) in [6.07, 6.45) is 0. The van der Waals surface area contributed by atoms with E-state index < -0.39 is 10.7 Å². The van der Waals surface area contributed by atoms with Gasteiger partial charge in [0.2, 0.25) is 5.75 Å². The lowest BCUT2D eigenvalue weighted by molar-refractivity contribution is -0.385. The second-order valence-electron chi connectivity index (χ2n) is 4.24. The fourth-order valence-corrected chi connectivity index (χ4v) is 2.00. The summed E-state index contributed by atoms with van der Waals surface area (Å²) in [5, 5.41) is 13.9. The van der Waals surface area contributed by atoms with Crippen LogP contribution in [0.25, 0.3) is 0 Å². The third kappa shape index (κ3) is 3.48. The highest BCUT2D eigenvalue weighted by atomic mass is 35.5. The second-order valence-corrected chi connectivity index (χ2v) is 4.65. The number of benzene rings is 2. The summed E-state index contributed by atoms with van der Waals surface area (Å²) in [4.78, 5) is 10.3. The summed E-state index contributed by atoms with van der Waals surface area (Å²) in [6, 6.07) is 8.49. The van der Waals surface area contributed by atoms with E-state index in [1.807, 2.05) is 0 Å². The molecule has 0 radical (unpaired) electrons. The number of rotatable bonds is 5. The summed E-state index contributed by atoms with van der Waals surface area (Å²) >= 11 is 5.89. The minimum atomic E-state index is -0.630. The Morgan fingerprint density at radius 3 is 2.76 bits per heavy atom. The Kier molecular flexibility index (Phi) is 4.72. The van der Waals surface area contributed by atoms with Crippen molar-refractivity contribution in [2.45, 2.75) is 6.54 Å². The number of halogens is 2. The van der Waals surface area contributed by atoms with Gasteiger partial charge < -0.3 is 10.1 Å². The lowest BCUT2D eigenvalue weighted by Gasteiger charge is -2.10. The van der Waals surface area contributed by atoms with E-state index in [2.05, 4.69) is 5.32 Å². The number of ether oxygens (including phenoxy) is 1. The molecular weight excluding hydrogens is 299 g/mol. The predicted octanol–water partition coefficient (Wildman–Crippen LogP) is 3.90. The molecule has 0 aliphatic rings. The van der Waals surface area contributed by atoms with Gasteiger partial charge in [0.15, 0.2) is 11.6 Å². The quantitative estimate of drug-likeness (QED) is 0.672. The Hall–Kier alpha value is -2.18. The first-order chi connectivity index (χ1) is 10.0. The van der Waals surface area contributed by atoms with Crippen LogP contribution in [-0.2, 0) is 6.54 Å². The first-order valence-electron chi connectivity index (χ1n) is 6.06. The van der Waals surface area contributed by atoms with Crippen molar-refractivity contribution in [3.05, 3.63) is 62.9 Å². The lowest BCUT2D eigenvalue weighted by Crippen LogP contribution is -2.05. The Balaban J connectivity index is 2.37. The first kappa shape index (κ1) is 15.2. The van der Waals surface area contributed by atoms with Crippen LogP contribution < -0.4 is 10.1 Å². The van der Waals surface area contributed by atoms with Gasteiger partial charge in [-0.3, -0.25) is 10.1 Å². The molecule has 7 heteroatoms. The fourth-order valence-electron chi connectivity index (χ4n) is 1.79. The molecule has 1 N–H and O–H groups in total. The van der Waals surface area contributed by atoms with Gasteiger partial charge in [-0.15, -0.1) is 0 Å². The Morgan fingerprint density at radius 2 is 2.14 bits per heavy atom. The Bertz CT molecular complexity index is 679. The molecule has 0 aliphatic heterocycles.